The van der Waals surface area contributed by atoms with E-state index >= 15 is 0 Å². The molecule has 20 heavy (non-hydrogen) atoms. The lowest BCUT2D eigenvalue weighted by Crippen LogP contribution is -2.33. The summed E-state index contributed by atoms with van der Waals surface area (Å²) in [4.78, 5) is 14.9. The van der Waals surface area contributed by atoms with Crippen LogP contribution in [0.25, 0.3) is 0 Å². The van der Waals surface area contributed by atoms with Gasteiger partial charge in [0.1, 0.15) is 18.1 Å². The number of hydrogen-bond donors (Lipinski definition) is 1. The fourth-order valence-electron chi connectivity index (χ4n) is 2.01. The molecule has 102 valence electrons. The summed E-state index contributed by atoms with van der Waals surface area (Å²) in [6.45, 7) is 0.109. The largest absolute Gasteiger partial charge is 0.481 e. The van der Waals surface area contributed by atoms with Crippen molar-refractivity contribution >= 4 is 17.6 Å². The molecule has 0 saturated heterocycles. The fourth-order valence-corrected chi connectivity index (χ4v) is 2.13. The molecule has 0 bridgehead atoms. The van der Waals surface area contributed by atoms with E-state index in [0.29, 0.717) is 10.6 Å². The van der Waals surface area contributed by atoms with Crippen LogP contribution in [0.2, 0.25) is 5.02 Å². The van der Waals surface area contributed by atoms with Crippen molar-refractivity contribution in [2.24, 2.45) is 0 Å². The molecule has 0 aliphatic rings. The Morgan fingerprint density at radius 1 is 1.45 bits per heavy atom. The molecule has 0 spiro atoms. The van der Waals surface area contributed by atoms with Gasteiger partial charge in [-0.1, -0.05) is 23.7 Å². The van der Waals surface area contributed by atoms with Crippen molar-refractivity contribution in [1.82, 2.24) is 14.8 Å². The number of carbonyl (C=O) groups is 1. The fraction of sp³-hybridized carbons (Fsp3) is 0.231. The minimum atomic E-state index is -1.22. The van der Waals surface area contributed by atoms with Crippen molar-refractivity contribution in [2.45, 2.75) is 18.4 Å². The van der Waals surface area contributed by atoms with Crippen molar-refractivity contribution in [3.05, 3.63) is 47.5 Å². The standard InChI is InChI=1S/C13H11ClN4O2/c14-11-3-1-10(2-4-11)13(6-15,5-12(19)20)7-18-9-16-8-17-18/h1-4,8-9H,5,7H2,(H,19,20). The molecule has 0 saturated carbocycles. The van der Waals surface area contributed by atoms with Crippen LogP contribution in [-0.2, 0) is 16.8 Å². The molecule has 0 fully saturated rings. The normalized spacial score (nSPS) is 13.4. The van der Waals surface area contributed by atoms with Gasteiger partial charge in [-0.05, 0) is 17.7 Å². The summed E-state index contributed by atoms with van der Waals surface area (Å²) in [6.07, 6.45) is 2.46. The first-order valence-corrected chi connectivity index (χ1v) is 6.15. The van der Waals surface area contributed by atoms with Crippen LogP contribution in [0, 0.1) is 11.3 Å². The number of aromatic nitrogens is 3. The average Bonchev–Trinajstić information content (AvgIpc) is 2.91. The number of nitriles is 1. The molecule has 1 heterocycles. The first kappa shape index (κ1) is 14.0. The molecular formula is C13H11ClN4O2. The summed E-state index contributed by atoms with van der Waals surface area (Å²) in [6, 6.07) is 8.69. The van der Waals surface area contributed by atoms with Gasteiger partial charge in [-0.15, -0.1) is 0 Å². The van der Waals surface area contributed by atoms with Gasteiger partial charge < -0.3 is 5.11 Å². The van der Waals surface area contributed by atoms with Crippen LogP contribution in [0.3, 0.4) is 0 Å². The second-order valence-electron chi connectivity index (χ2n) is 4.36. The van der Waals surface area contributed by atoms with Gasteiger partial charge in [0.15, 0.2) is 0 Å². The van der Waals surface area contributed by atoms with Crippen LogP contribution in [0.4, 0.5) is 0 Å². The molecule has 1 aromatic heterocycles. The zero-order valence-electron chi connectivity index (χ0n) is 10.4. The quantitative estimate of drug-likeness (QED) is 0.907. The Morgan fingerprint density at radius 3 is 2.65 bits per heavy atom. The van der Waals surface area contributed by atoms with Crippen molar-refractivity contribution in [3.8, 4) is 6.07 Å². The maximum atomic E-state index is 11.1. The minimum absolute atomic E-state index is 0.109. The van der Waals surface area contributed by atoms with Gasteiger partial charge in [-0.2, -0.15) is 10.4 Å². The highest BCUT2D eigenvalue weighted by Crippen LogP contribution is 2.30. The van der Waals surface area contributed by atoms with Gasteiger partial charge in [0.25, 0.3) is 0 Å². The number of aliphatic carboxylic acids is 1. The number of carboxylic acid groups (broad SMARTS) is 1. The predicted octanol–water partition coefficient (Wildman–Crippen LogP) is 1.87. The van der Waals surface area contributed by atoms with Crippen LogP contribution in [0.5, 0.6) is 0 Å². The maximum absolute atomic E-state index is 11.1. The molecule has 0 aliphatic heterocycles. The molecule has 0 aliphatic carbocycles. The maximum Gasteiger partial charge on any atom is 0.305 e. The van der Waals surface area contributed by atoms with Crippen LogP contribution < -0.4 is 0 Å². The van der Waals surface area contributed by atoms with E-state index in [1.165, 1.54) is 17.3 Å². The lowest BCUT2D eigenvalue weighted by atomic mass is 9.79. The SMILES string of the molecule is N#CC(CC(=O)O)(Cn1cncn1)c1ccc(Cl)cc1. The Bertz CT molecular complexity index is 633. The summed E-state index contributed by atoms with van der Waals surface area (Å²) in [5.41, 5.74) is -0.633. The number of carboxylic acids is 1. The molecule has 1 atom stereocenters. The van der Waals surface area contributed by atoms with Crippen molar-refractivity contribution in [1.29, 1.82) is 5.26 Å². The molecule has 0 amide bonds. The van der Waals surface area contributed by atoms with Crippen molar-refractivity contribution in [2.75, 3.05) is 0 Å². The molecule has 0 radical (unpaired) electrons. The highest BCUT2D eigenvalue weighted by molar-refractivity contribution is 6.30. The van der Waals surface area contributed by atoms with Crippen LogP contribution in [-0.4, -0.2) is 25.8 Å². The Kier molecular flexibility index (Phi) is 4.01. The van der Waals surface area contributed by atoms with Gasteiger partial charge in [-0.25, -0.2) is 4.98 Å². The number of rotatable bonds is 5. The second-order valence-corrected chi connectivity index (χ2v) is 4.80. The van der Waals surface area contributed by atoms with Crippen LogP contribution in [0.15, 0.2) is 36.9 Å². The third kappa shape index (κ3) is 2.95. The van der Waals surface area contributed by atoms with Gasteiger partial charge in [0, 0.05) is 5.02 Å². The Balaban J connectivity index is 2.44. The molecule has 1 unspecified atom stereocenters. The lowest BCUT2D eigenvalue weighted by Gasteiger charge is -2.25. The summed E-state index contributed by atoms with van der Waals surface area (Å²) in [7, 11) is 0. The molecule has 2 aromatic rings. The number of halogens is 1. The van der Waals surface area contributed by atoms with Crippen LogP contribution in [0.1, 0.15) is 12.0 Å². The minimum Gasteiger partial charge on any atom is -0.481 e. The van der Waals surface area contributed by atoms with Gasteiger partial charge >= 0.3 is 5.97 Å². The van der Waals surface area contributed by atoms with Crippen LogP contribution >= 0.6 is 11.6 Å². The van der Waals surface area contributed by atoms with E-state index in [9.17, 15) is 10.1 Å². The number of nitrogens with zero attached hydrogens (tertiary/aromatic N) is 4. The predicted molar refractivity (Wildman–Crippen MR) is 71.0 cm³/mol. The smallest absolute Gasteiger partial charge is 0.305 e. The molecule has 1 aromatic carbocycles. The van der Waals surface area contributed by atoms with E-state index < -0.39 is 11.4 Å². The summed E-state index contributed by atoms with van der Waals surface area (Å²) < 4.78 is 1.45. The first-order valence-electron chi connectivity index (χ1n) is 5.77. The van der Waals surface area contributed by atoms with E-state index in [1.807, 2.05) is 0 Å². The average molecular weight is 291 g/mol. The Labute approximate surface area is 120 Å². The van der Waals surface area contributed by atoms with E-state index in [0.717, 1.165) is 0 Å². The monoisotopic (exact) mass is 290 g/mol. The highest BCUT2D eigenvalue weighted by Gasteiger charge is 2.36. The third-order valence-electron chi connectivity index (χ3n) is 2.96. The highest BCUT2D eigenvalue weighted by atomic mass is 35.5. The zero-order chi connectivity index (χ0) is 14.6. The molecule has 2 rings (SSSR count). The summed E-state index contributed by atoms with van der Waals surface area (Å²) in [5.74, 6) is -1.05. The van der Waals surface area contributed by atoms with Crippen molar-refractivity contribution in [3.63, 3.8) is 0 Å². The third-order valence-corrected chi connectivity index (χ3v) is 3.21. The molecule has 7 heteroatoms. The van der Waals surface area contributed by atoms with E-state index in [1.54, 1.807) is 24.3 Å². The number of benzene rings is 1. The molecule has 6 nitrogen and oxygen atoms in total. The number of hydrogen-bond acceptors (Lipinski definition) is 4. The summed E-state index contributed by atoms with van der Waals surface area (Å²) >= 11 is 5.83. The van der Waals surface area contributed by atoms with E-state index in [-0.39, 0.29) is 13.0 Å². The Morgan fingerprint density at radius 2 is 2.15 bits per heavy atom. The topological polar surface area (TPSA) is 91.8 Å². The lowest BCUT2D eigenvalue weighted by molar-refractivity contribution is -0.138. The van der Waals surface area contributed by atoms with Gasteiger partial charge in [0.05, 0.1) is 19.0 Å². The van der Waals surface area contributed by atoms with Gasteiger partial charge in [0.2, 0.25) is 0 Å². The Hall–Kier alpha value is -2.39. The summed E-state index contributed by atoms with van der Waals surface area (Å²) in [5, 5.41) is 23.1. The first-order chi connectivity index (χ1) is 9.55. The van der Waals surface area contributed by atoms with E-state index in [2.05, 4.69) is 16.2 Å². The molecular weight excluding hydrogens is 280 g/mol. The van der Waals surface area contributed by atoms with Crippen molar-refractivity contribution < 1.29 is 9.90 Å². The van der Waals surface area contributed by atoms with Gasteiger partial charge in [-0.3, -0.25) is 9.48 Å². The zero-order valence-corrected chi connectivity index (χ0v) is 11.2. The second kappa shape index (κ2) is 5.72. The molecule has 1 N–H and O–H groups in total. The van der Waals surface area contributed by atoms with E-state index in [4.69, 9.17) is 16.7 Å².